The summed E-state index contributed by atoms with van der Waals surface area (Å²) in [6.45, 7) is 0. The highest BCUT2D eigenvalue weighted by molar-refractivity contribution is 7.96. The van der Waals surface area contributed by atoms with E-state index in [0.29, 0.717) is 17.2 Å². The summed E-state index contributed by atoms with van der Waals surface area (Å²) in [5.74, 6) is 0.176. The van der Waals surface area contributed by atoms with Crippen LogP contribution in [0.15, 0.2) is 88.8 Å². The van der Waals surface area contributed by atoms with Crippen LogP contribution in [0.25, 0.3) is 0 Å². The van der Waals surface area contributed by atoms with E-state index in [2.05, 4.69) is 0 Å². The lowest BCUT2D eigenvalue weighted by Gasteiger charge is -2.28. The van der Waals surface area contributed by atoms with Crippen LogP contribution in [-0.4, -0.2) is 28.4 Å². The van der Waals surface area contributed by atoms with E-state index in [1.54, 1.807) is 29.2 Å². The van der Waals surface area contributed by atoms with Gasteiger partial charge in [-0.05, 0) is 42.5 Å². The highest BCUT2D eigenvalue weighted by atomic mass is 32.2. The first-order valence-corrected chi connectivity index (χ1v) is 10.6. The van der Waals surface area contributed by atoms with Gasteiger partial charge in [0.15, 0.2) is 11.5 Å². The molecule has 0 radical (unpaired) electrons. The zero-order valence-corrected chi connectivity index (χ0v) is 17.2. The van der Waals surface area contributed by atoms with Gasteiger partial charge >= 0.3 is 0 Å². The van der Waals surface area contributed by atoms with Crippen LogP contribution < -0.4 is 14.4 Å². The molecule has 0 N–H and O–H groups in total. The normalized spacial score (nSPS) is 14.5. The second-order valence-corrected chi connectivity index (χ2v) is 8.46. The van der Waals surface area contributed by atoms with Gasteiger partial charge in [-0.15, -0.1) is 0 Å². The van der Waals surface area contributed by atoms with E-state index < -0.39 is 15.6 Å². The van der Waals surface area contributed by atoms with Crippen molar-refractivity contribution in [1.29, 1.82) is 0 Å². The molecule has 7 heteroatoms. The number of methoxy groups -OCH3 is 2. The highest BCUT2D eigenvalue weighted by Crippen LogP contribution is 2.40. The molecular formula is C23H19NO5S. The standard InChI is InChI=1S/C23H19NO5S/c1-28-19-13-12-16(14-20(19)29-2)23(25)22-15-24(17-8-4-3-5-9-17)18-10-6-7-11-21(18)30(22,26)27/h3-15H,1-2H3. The van der Waals surface area contributed by atoms with Crippen molar-refractivity contribution in [1.82, 2.24) is 0 Å². The van der Waals surface area contributed by atoms with Gasteiger partial charge in [0, 0.05) is 17.5 Å². The summed E-state index contributed by atoms with van der Waals surface area (Å²) < 4.78 is 37.1. The Bertz CT molecular complexity index is 1250. The molecule has 152 valence electrons. The Morgan fingerprint density at radius 1 is 0.833 bits per heavy atom. The lowest BCUT2D eigenvalue weighted by molar-refractivity contribution is 0.104. The number of carbonyl (C=O) groups is 1. The molecule has 1 aliphatic rings. The minimum absolute atomic E-state index is 0.0835. The Morgan fingerprint density at radius 3 is 2.20 bits per heavy atom. The maximum absolute atomic E-state index is 13.3. The number of fused-ring (bicyclic) bond motifs is 1. The number of Topliss-reactive ketones (excluding diaryl/α,β-unsaturated/α-hetero) is 1. The molecule has 0 aromatic heterocycles. The van der Waals surface area contributed by atoms with Gasteiger partial charge < -0.3 is 14.4 Å². The first kappa shape index (κ1) is 19.7. The third-order valence-electron chi connectivity index (χ3n) is 4.85. The number of anilines is 2. The number of nitrogens with zero attached hydrogens (tertiary/aromatic N) is 1. The first-order valence-electron chi connectivity index (χ1n) is 9.14. The Hall–Kier alpha value is -3.58. The first-order chi connectivity index (χ1) is 14.5. The van der Waals surface area contributed by atoms with E-state index in [9.17, 15) is 13.2 Å². The smallest absolute Gasteiger partial charge is 0.214 e. The molecule has 0 aliphatic carbocycles. The van der Waals surface area contributed by atoms with Crippen molar-refractivity contribution in [3.8, 4) is 11.5 Å². The molecule has 4 rings (SSSR count). The summed E-state index contributed by atoms with van der Waals surface area (Å²) >= 11 is 0. The highest BCUT2D eigenvalue weighted by Gasteiger charge is 2.36. The van der Waals surface area contributed by atoms with E-state index in [-0.39, 0.29) is 15.4 Å². The molecule has 3 aromatic rings. The molecule has 0 saturated carbocycles. The monoisotopic (exact) mass is 421 g/mol. The fraction of sp³-hybridized carbons (Fsp3) is 0.0870. The van der Waals surface area contributed by atoms with Crippen LogP contribution in [-0.2, 0) is 9.84 Å². The predicted molar refractivity (Wildman–Crippen MR) is 114 cm³/mol. The van der Waals surface area contributed by atoms with Crippen molar-refractivity contribution in [2.24, 2.45) is 0 Å². The third kappa shape index (κ3) is 3.23. The van der Waals surface area contributed by atoms with Crippen LogP contribution in [0, 0.1) is 0 Å². The van der Waals surface area contributed by atoms with Gasteiger partial charge in [-0.1, -0.05) is 30.3 Å². The number of hydrogen-bond acceptors (Lipinski definition) is 6. The molecule has 0 atom stereocenters. The number of benzene rings is 3. The summed E-state index contributed by atoms with van der Waals surface area (Å²) in [4.78, 5) is 14.8. The molecule has 30 heavy (non-hydrogen) atoms. The third-order valence-corrected chi connectivity index (χ3v) is 6.65. The Kier molecular flexibility index (Phi) is 5.05. The zero-order valence-electron chi connectivity index (χ0n) is 16.4. The molecule has 0 spiro atoms. The van der Waals surface area contributed by atoms with Crippen LogP contribution in [0.5, 0.6) is 11.5 Å². The molecule has 1 heterocycles. The van der Waals surface area contributed by atoms with E-state index in [1.807, 2.05) is 30.3 Å². The van der Waals surface area contributed by atoms with E-state index in [0.717, 1.165) is 5.69 Å². The van der Waals surface area contributed by atoms with Gasteiger partial charge in [-0.3, -0.25) is 4.79 Å². The number of ketones is 1. The summed E-state index contributed by atoms with van der Waals surface area (Å²) in [6.07, 6.45) is 1.38. The molecule has 1 aliphatic heterocycles. The number of hydrogen-bond donors (Lipinski definition) is 0. The maximum atomic E-state index is 13.3. The summed E-state index contributed by atoms with van der Waals surface area (Å²) in [5.41, 5.74) is 1.43. The fourth-order valence-electron chi connectivity index (χ4n) is 3.36. The lowest BCUT2D eigenvalue weighted by Crippen LogP contribution is -2.25. The van der Waals surface area contributed by atoms with Crippen LogP contribution >= 0.6 is 0 Å². The Labute approximate surface area is 174 Å². The molecule has 3 aromatic carbocycles. The van der Waals surface area contributed by atoms with Gasteiger partial charge in [0.1, 0.15) is 4.91 Å². The van der Waals surface area contributed by atoms with Crippen molar-refractivity contribution in [2.75, 3.05) is 19.1 Å². The van der Waals surface area contributed by atoms with Crippen molar-refractivity contribution >= 4 is 27.0 Å². The minimum atomic E-state index is -4.01. The van der Waals surface area contributed by atoms with E-state index in [1.165, 1.54) is 38.6 Å². The van der Waals surface area contributed by atoms with Gasteiger partial charge in [0.05, 0.1) is 24.8 Å². The topological polar surface area (TPSA) is 72.9 Å². The van der Waals surface area contributed by atoms with Gasteiger partial charge in [-0.2, -0.15) is 0 Å². The quantitative estimate of drug-likeness (QED) is 0.570. The summed E-state index contributed by atoms with van der Waals surface area (Å²) in [6, 6.07) is 20.5. The van der Waals surface area contributed by atoms with Crippen LogP contribution in [0.4, 0.5) is 11.4 Å². The predicted octanol–water partition coefficient (Wildman–Crippen LogP) is 4.35. The van der Waals surface area contributed by atoms with Gasteiger partial charge in [0.2, 0.25) is 15.6 Å². The van der Waals surface area contributed by atoms with Crippen molar-refractivity contribution in [3.63, 3.8) is 0 Å². The summed E-state index contributed by atoms with van der Waals surface area (Å²) in [5, 5.41) is 0. The van der Waals surface area contributed by atoms with Crippen molar-refractivity contribution in [3.05, 3.63) is 89.5 Å². The minimum Gasteiger partial charge on any atom is -0.493 e. The van der Waals surface area contributed by atoms with Gasteiger partial charge in [0.25, 0.3) is 0 Å². The number of para-hydroxylation sites is 2. The van der Waals surface area contributed by atoms with Crippen LogP contribution in [0.1, 0.15) is 10.4 Å². The number of ether oxygens (including phenoxy) is 2. The molecular weight excluding hydrogens is 402 g/mol. The SMILES string of the molecule is COc1ccc(C(=O)C2=CN(c3ccccc3)c3ccccc3S2(=O)=O)cc1OC. The molecule has 0 saturated heterocycles. The van der Waals surface area contributed by atoms with Crippen LogP contribution in [0.2, 0.25) is 0 Å². The summed E-state index contributed by atoms with van der Waals surface area (Å²) in [7, 11) is -1.07. The number of sulfone groups is 1. The molecule has 0 unspecified atom stereocenters. The zero-order chi connectivity index (χ0) is 21.3. The van der Waals surface area contributed by atoms with E-state index in [4.69, 9.17) is 9.47 Å². The average Bonchev–Trinajstić information content (AvgIpc) is 2.79. The molecule has 0 amide bonds. The number of carbonyl (C=O) groups excluding carboxylic acids is 1. The largest absolute Gasteiger partial charge is 0.493 e. The lowest BCUT2D eigenvalue weighted by atomic mass is 10.1. The van der Waals surface area contributed by atoms with E-state index >= 15 is 0 Å². The second kappa shape index (κ2) is 7.68. The Morgan fingerprint density at radius 2 is 1.50 bits per heavy atom. The maximum Gasteiger partial charge on any atom is 0.214 e. The average molecular weight is 421 g/mol. The van der Waals surface area contributed by atoms with Crippen LogP contribution in [0.3, 0.4) is 0 Å². The fourth-order valence-corrected chi connectivity index (χ4v) is 4.90. The molecule has 6 nitrogen and oxygen atoms in total. The molecule has 0 bridgehead atoms. The van der Waals surface area contributed by atoms with Crippen molar-refractivity contribution in [2.45, 2.75) is 4.90 Å². The van der Waals surface area contributed by atoms with Gasteiger partial charge in [-0.25, -0.2) is 8.42 Å². The second-order valence-electron chi connectivity index (χ2n) is 6.57. The number of rotatable bonds is 5. The Balaban J connectivity index is 1.88. The molecule has 0 fully saturated rings. The number of allylic oxidation sites excluding steroid dienone is 1. The van der Waals surface area contributed by atoms with Crippen molar-refractivity contribution < 1.29 is 22.7 Å².